The number of aromatic nitrogens is 1. The fraction of sp³-hybridized carbons (Fsp3) is 0.412. The molecule has 0 radical (unpaired) electrons. The van der Waals surface area contributed by atoms with Gasteiger partial charge in [0.05, 0.1) is 0 Å². The van der Waals surface area contributed by atoms with Crippen LogP contribution in [0, 0.1) is 0 Å². The van der Waals surface area contributed by atoms with Gasteiger partial charge in [-0.25, -0.2) is 0 Å². The molecule has 4 rings (SSSR count). The minimum atomic E-state index is 0. The van der Waals surface area contributed by atoms with Crippen molar-refractivity contribution in [3.63, 3.8) is 0 Å². The molecule has 4 nitrogen and oxygen atoms in total. The summed E-state index contributed by atoms with van der Waals surface area (Å²) >= 11 is 0. The first-order chi connectivity index (χ1) is 10.3. The molecule has 2 bridgehead atoms. The minimum absolute atomic E-state index is 0. The molecule has 1 aromatic heterocycles. The highest BCUT2D eigenvalue weighted by Crippen LogP contribution is 2.23. The van der Waals surface area contributed by atoms with Gasteiger partial charge in [-0.2, -0.15) is 0 Å². The summed E-state index contributed by atoms with van der Waals surface area (Å²) in [6, 6.07) is 11.0. The van der Waals surface area contributed by atoms with Crippen molar-refractivity contribution in [1.82, 2.24) is 15.2 Å². The first-order valence-electron chi connectivity index (χ1n) is 7.70. The fourth-order valence-corrected chi connectivity index (χ4v) is 3.57. The molecule has 2 aliphatic rings. The van der Waals surface area contributed by atoms with Crippen molar-refractivity contribution in [2.24, 2.45) is 0 Å². The van der Waals surface area contributed by atoms with Gasteiger partial charge in [0.25, 0.3) is 5.91 Å². The molecule has 2 unspecified atom stereocenters. The van der Waals surface area contributed by atoms with E-state index in [1.165, 1.54) is 12.8 Å². The van der Waals surface area contributed by atoms with E-state index < -0.39 is 0 Å². The number of benzene rings is 1. The summed E-state index contributed by atoms with van der Waals surface area (Å²) in [4.78, 5) is 19.2. The first-order valence-corrected chi connectivity index (χ1v) is 7.70. The average Bonchev–Trinajstić information content (AvgIpc) is 2.85. The van der Waals surface area contributed by atoms with Crippen LogP contribution in [0.15, 0.2) is 36.5 Å². The number of hydrogen-bond donors (Lipinski definition) is 1. The molecule has 1 N–H and O–H groups in total. The first kappa shape index (κ1) is 18.0. The highest BCUT2D eigenvalue weighted by atomic mass is 35.5. The lowest BCUT2D eigenvalue weighted by Crippen LogP contribution is -2.39. The Balaban J connectivity index is 0.000000960. The van der Waals surface area contributed by atoms with Crippen LogP contribution < -0.4 is 5.32 Å². The molecule has 0 aliphatic carbocycles. The second-order valence-corrected chi connectivity index (χ2v) is 6.06. The zero-order chi connectivity index (χ0) is 14.2. The normalized spacial score (nSPS) is 22.9. The van der Waals surface area contributed by atoms with Crippen LogP contribution >= 0.6 is 24.8 Å². The number of nitrogens with one attached hydrogen (secondary N) is 1. The van der Waals surface area contributed by atoms with Crippen LogP contribution in [0.3, 0.4) is 0 Å². The van der Waals surface area contributed by atoms with E-state index in [9.17, 15) is 4.79 Å². The quantitative estimate of drug-likeness (QED) is 0.856. The van der Waals surface area contributed by atoms with E-state index in [1.807, 2.05) is 35.2 Å². The Bertz CT molecular complexity index is 689. The monoisotopic (exact) mass is 353 g/mol. The maximum absolute atomic E-state index is 12.9. The summed E-state index contributed by atoms with van der Waals surface area (Å²) in [7, 11) is 0. The second-order valence-electron chi connectivity index (χ2n) is 6.06. The number of halogens is 2. The van der Waals surface area contributed by atoms with Crippen LogP contribution in [0.1, 0.15) is 29.8 Å². The van der Waals surface area contributed by atoms with Crippen LogP contribution in [-0.4, -0.2) is 41.0 Å². The van der Waals surface area contributed by atoms with Gasteiger partial charge in [0, 0.05) is 36.8 Å². The van der Waals surface area contributed by atoms with Crippen LogP contribution in [0.2, 0.25) is 0 Å². The van der Waals surface area contributed by atoms with Crippen LogP contribution in [0.25, 0.3) is 10.8 Å². The van der Waals surface area contributed by atoms with E-state index in [-0.39, 0.29) is 30.7 Å². The van der Waals surface area contributed by atoms with Gasteiger partial charge in [0.15, 0.2) is 0 Å². The van der Waals surface area contributed by atoms with Gasteiger partial charge in [0.2, 0.25) is 0 Å². The molecule has 0 spiro atoms. The third-order valence-corrected chi connectivity index (χ3v) is 4.69. The van der Waals surface area contributed by atoms with Crippen molar-refractivity contribution in [3.05, 3.63) is 42.2 Å². The molecule has 124 valence electrons. The Morgan fingerprint density at radius 2 is 1.87 bits per heavy atom. The van der Waals surface area contributed by atoms with Crippen molar-refractivity contribution in [3.8, 4) is 0 Å². The average molecular weight is 354 g/mol. The molecular weight excluding hydrogens is 333 g/mol. The number of hydrogen-bond acceptors (Lipinski definition) is 3. The molecule has 2 fully saturated rings. The van der Waals surface area contributed by atoms with Crippen LogP contribution in [-0.2, 0) is 0 Å². The zero-order valence-electron chi connectivity index (χ0n) is 12.8. The maximum Gasteiger partial charge on any atom is 0.273 e. The standard InChI is InChI=1S/C17H19N3O.2ClH/c21-17(20-10-8-13-5-6-14(11-20)19-13)16-15-4-2-1-3-12(15)7-9-18-16;;/h1-4,7,9,13-14,19H,5-6,8,10-11H2;2*1H. The third-order valence-electron chi connectivity index (χ3n) is 4.69. The van der Waals surface area contributed by atoms with Crippen molar-refractivity contribution >= 4 is 41.5 Å². The highest BCUT2D eigenvalue weighted by Gasteiger charge is 2.32. The number of carbonyl (C=O) groups is 1. The van der Waals surface area contributed by atoms with Gasteiger partial charge in [-0.3, -0.25) is 9.78 Å². The van der Waals surface area contributed by atoms with E-state index >= 15 is 0 Å². The molecule has 1 amide bonds. The topological polar surface area (TPSA) is 45.2 Å². The van der Waals surface area contributed by atoms with E-state index in [0.717, 1.165) is 30.3 Å². The lowest BCUT2D eigenvalue weighted by Gasteiger charge is -2.24. The van der Waals surface area contributed by atoms with Crippen molar-refractivity contribution in [2.75, 3.05) is 13.1 Å². The maximum atomic E-state index is 12.9. The summed E-state index contributed by atoms with van der Waals surface area (Å²) in [6.45, 7) is 1.64. The Labute approximate surface area is 148 Å². The lowest BCUT2D eigenvalue weighted by molar-refractivity contribution is 0.0744. The molecule has 6 heteroatoms. The van der Waals surface area contributed by atoms with Gasteiger partial charge in [-0.05, 0) is 30.7 Å². The fourth-order valence-electron chi connectivity index (χ4n) is 3.57. The van der Waals surface area contributed by atoms with E-state index in [4.69, 9.17) is 0 Å². The predicted octanol–water partition coefficient (Wildman–Crippen LogP) is 3.04. The van der Waals surface area contributed by atoms with Crippen molar-refractivity contribution in [1.29, 1.82) is 0 Å². The van der Waals surface area contributed by atoms with Crippen LogP contribution in [0.5, 0.6) is 0 Å². The number of nitrogens with zero attached hydrogens (tertiary/aromatic N) is 2. The smallest absolute Gasteiger partial charge is 0.273 e. The Hall–Kier alpha value is -1.36. The van der Waals surface area contributed by atoms with Gasteiger partial charge in [0.1, 0.15) is 5.69 Å². The van der Waals surface area contributed by atoms with Gasteiger partial charge in [-0.15, -0.1) is 24.8 Å². The third kappa shape index (κ3) is 3.44. The Morgan fingerprint density at radius 3 is 2.74 bits per heavy atom. The van der Waals surface area contributed by atoms with Gasteiger partial charge in [-0.1, -0.05) is 24.3 Å². The number of likely N-dealkylation sites (tertiary alicyclic amines) is 1. The van der Waals surface area contributed by atoms with E-state index in [2.05, 4.69) is 10.3 Å². The summed E-state index contributed by atoms with van der Waals surface area (Å²) in [6.07, 6.45) is 5.21. The minimum Gasteiger partial charge on any atom is -0.336 e. The Morgan fingerprint density at radius 1 is 1.09 bits per heavy atom. The lowest BCUT2D eigenvalue weighted by atomic mass is 10.1. The van der Waals surface area contributed by atoms with E-state index in [1.54, 1.807) is 6.20 Å². The van der Waals surface area contributed by atoms with Gasteiger partial charge < -0.3 is 10.2 Å². The highest BCUT2D eigenvalue weighted by molar-refractivity contribution is 6.05. The number of rotatable bonds is 1. The SMILES string of the molecule is Cl.Cl.O=C(c1nccc2ccccc12)N1CCC2CCC(C1)N2. The predicted molar refractivity (Wildman–Crippen MR) is 96.7 cm³/mol. The molecule has 3 heterocycles. The number of pyridine rings is 1. The molecule has 2 aromatic rings. The molecule has 2 aliphatic heterocycles. The summed E-state index contributed by atoms with van der Waals surface area (Å²) in [5, 5.41) is 5.64. The summed E-state index contributed by atoms with van der Waals surface area (Å²) < 4.78 is 0. The molecule has 0 saturated carbocycles. The number of fused-ring (bicyclic) bond motifs is 3. The summed E-state index contributed by atoms with van der Waals surface area (Å²) in [5.41, 5.74) is 0.589. The zero-order valence-corrected chi connectivity index (χ0v) is 14.4. The van der Waals surface area contributed by atoms with Gasteiger partial charge >= 0.3 is 0 Å². The van der Waals surface area contributed by atoms with Crippen LogP contribution in [0.4, 0.5) is 0 Å². The number of amides is 1. The number of carbonyl (C=O) groups excluding carboxylic acids is 1. The Kier molecular flexibility index (Phi) is 5.84. The second kappa shape index (κ2) is 7.47. The molecular formula is C17H21Cl2N3O. The molecule has 2 saturated heterocycles. The van der Waals surface area contributed by atoms with E-state index in [0.29, 0.717) is 17.8 Å². The molecule has 1 aromatic carbocycles. The van der Waals surface area contributed by atoms with Crippen molar-refractivity contribution < 1.29 is 4.79 Å². The summed E-state index contributed by atoms with van der Waals surface area (Å²) in [5.74, 6) is 0.0705. The molecule has 2 atom stereocenters. The van der Waals surface area contributed by atoms with Crippen molar-refractivity contribution in [2.45, 2.75) is 31.3 Å². The molecule has 23 heavy (non-hydrogen) atoms. The largest absolute Gasteiger partial charge is 0.336 e.